The second-order valence-electron chi connectivity index (χ2n) is 7.33. The number of benzene rings is 3. The van der Waals surface area contributed by atoms with Crippen LogP contribution >= 0.6 is 11.6 Å². The van der Waals surface area contributed by atoms with Crippen LogP contribution in [0.15, 0.2) is 69.9 Å². The summed E-state index contributed by atoms with van der Waals surface area (Å²) in [5.41, 5.74) is -2.45. The number of esters is 1. The number of nitrogens with zero attached hydrogens (tertiary/aromatic N) is 1. The van der Waals surface area contributed by atoms with E-state index in [1.54, 1.807) is 0 Å². The van der Waals surface area contributed by atoms with Gasteiger partial charge in [0, 0.05) is 18.2 Å². The van der Waals surface area contributed by atoms with Crippen molar-refractivity contribution in [2.75, 3.05) is 7.11 Å². The van der Waals surface area contributed by atoms with Crippen LogP contribution in [0.4, 0.5) is 18.9 Å². The van der Waals surface area contributed by atoms with E-state index in [9.17, 15) is 32.9 Å². The van der Waals surface area contributed by atoms with E-state index in [1.165, 1.54) is 31.4 Å². The van der Waals surface area contributed by atoms with Crippen LogP contribution < -0.4 is 19.6 Å². The summed E-state index contributed by atoms with van der Waals surface area (Å²) in [7, 11) is 1.40. The van der Waals surface area contributed by atoms with Gasteiger partial charge < -0.3 is 18.6 Å². The van der Waals surface area contributed by atoms with Gasteiger partial charge in [-0.25, -0.2) is 4.79 Å². The van der Waals surface area contributed by atoms with Crippen molar-refractivity contribution in [3.05, 3.63) is 97.3 Å². The molecule has 0 unspecified atom stereocenters. The van der Waals surface area contributed by atoms with E-state index >= 15 is 0 Å². The number of carbonyl (C=O) groups is 1. The summed E-state index contributed by atoms with van der Waals surface area (Å²) in [5, 5.41) is 10.5. The maximum absolute atomic E-state index is 13.8. The molecule has 0 aliphatic carbocycles. The standard InChI is InChI=1S/C24H13ClF3NO8/c1-34-13-3-5-14(6-4-13)35-21-20(30)16-8-7-15(11-19(16)37-22(21)24(26,27)28)36-23(31)17-10-12(29(32)33)2-9-18(17)25/h2-11H,1H3. The third kappa shape index (κ3) is 5.33. The first-order valence-electron chi connectivity index (χ1n) is 10.1. The van der Waals surface area contributed by atoms with E-state index in [0.29, 0.717) is 5.75 Å². The van der Waals surface area contributed by atoms with Crippen molar-refractivity contribution >= 4 is 34.2 Å². The Morgan fingerprint density at radius 2 is 1.65 bits per heavy atom. The van der Waals surface area contributed by atoms with Crippen molar-refractivity contribution in [3.8, 4) is 23.0 Å². The lowest BCUT2D eigenvalue weighted by Gasteiger charge is -2.14. The molecule has 3 aromatic carbocycles. The van der Waals surface area contributed by atoms with Crippen LogP contribution in [0.2, 0.25) is 5.02 Å². The largest absolute Gasteiger partial charge is 0.497 e. The Bertz CT molecular complexity index is 1580. The molecule has 0 aliphatic heterocycles. The Morgan fingerprint density at radius 3 is 2.27 bits per heavy atom. The van der Waals surface area contributed by atoms with Crippen molar-refractivity contribution in [3.63, 3.8) is 0 Å². The van der Waals surface area contributed by atoms with Gasteiger partial charge in [-0.15, -0.1) is 0 Å². The minimum atomic E-state index is -5.11. The smallest absolute Gasteiger partial charge is 0.453 e. The summed E-state index contributed by atoms with van der Waals surface area (Å²) in [6.07, 6.45) is -5.11. The summed E-state index contributed by atoms with van der Waals surface area (Å²) >= 11 is 5.92. The second-order valence-corrected chi connectivity index (χ2v) is 7.74. The minimum Gasteiger partial charge on any atom is -0.497 e. The zero-order valence-corrected chi connectivity index (χ0v) is 19.3. The van der Waals surface area contributed by atoms with E-state index < -0.39 is 45.3 Å². The van der Waals surface area contributed by atoms with Crippen LogP contribution in [0.3, 0.4) is 0 Å². The predicted molar refractivity (Wildman–Crippen MR) is 124 cm³/mol. The number of carbonyl (C=O) groups excluding carboxylic acids is 1. The van der Waals surface area contributed by atoms with Gasteiger partial charge in [0.15, 0.2) is 0 Å². The van der Waals surface area contributed by atoms with Crippen molar-refractivity contribution in [2.24, 2.45) is 0 Å². The molecule has 0 fully saturated rings. The highest BCUT2D eigenvalue weighted by Crippen LogP contribution is 2.39. The van der Waals surface area contributed by atoms with E-state index in [4.69, 9.17) is 30.2 Å². The maximum Gasteiger partial charge on any atom is 0.453 e. The molecule has 1 aromatic heterocycles. The first-order valence-corrected chi connectivity index (χ1v) is 10.5. The van der Waals surface area contributed by atoms with Crippen LogP contribution in [0, 0.1) is 10.1 Å². The monoisotopic (exact) mass is 535 g/mol. The van der Waals surface area contributed by atoms with Gasteiger partial charge in [0.1, 0.15) is 22.8 Å². The molecule has 9 nitrogen and oxygen atoms in total. The van der Waals surface area contributed by atoms with Gasteiger partial charge in [-0.2, -0.15) is 13.2 Å². The molecular formula is C24H13ClF3NO8. The summed E-state index contributed by atoms with van der Waals surface area (Å²) in [5.74, 6) is -3.87. The highest BCUT2D eigenvalue weighted by molar-refractivity contribution is 6.33. The number of halogens is 4. The van der Waals surface area contributed by atoms with Gasteiger partial charge in [-0.3, -0.25) is 14.9 Å². The number of methoxy groups -OCH3 is 1. The highest BCUT2D eigenvalue weighted by Gasteiger charge is 2.40. The fourth-order valence-corrected chi connectivity index (χ4v) is 3.40. The van der Waals surface area contributed by atoms with E-state index in [-0.39, 0.29) is 27.5 Å². The number of ether oxygens (including phenoxy) is 3. The van der Waals surface area contributed by atoms with E-state index in [0.717, 1.165) is 36.4 Å². The average Bonchev–Trinajstić information content (AvgIpc) is 2.85. The maximum atomic E-state index is 13.8. The molecule has 37 heavy (non-hydrogen) atoms. The molecule has 0 amide bonds. The van der Waals surface area contributed by atoms with Gasteiger partial charge in [0.25, 0.3) is 11.4 Å². The molecular weight excluding hydrogens is 523 g/mol. The topological polar surface area (TPSA) is 118 Å². The Labute approximate surface area is 209 Å². The first-order chi connectivity index (χ1) is 17.5. The number of nitro benzene ring substituents is 1. The molecule has 0 aliphatic rings. The molecule has 0 atom stereocenters. The minimum absolute atomic E-state index is 0.0719. The third-order valence-corrected chi connectivity index (χ3v) is 5.28. The van der Waals surface area contributed by atoms with Crippen molar-refractivity contribution < 1.29 is 41.5 Å². The van der Waals surface area contributed by atoms with Crippen molar-refractivity contribution in [1.82, 2.24) is 0 Å². The van der Waals surface area contributed by atoms with Crippen LogP contribution in [-0.4, -0.2) is 18.0 Å². The van der Waals surface area contributed by atoms with Gasteiger partial charge >= 0.3 is 12.1 Å². The molecule has 0 N–H and O–H groups in total. The van der Waals surface area contributed by atoms with Gasteiger partial charge in [0.2, 0.25) is 11.2 Å². The molecule has 4 rings (SSSR count). The van der Waals surface area contributed by atoms with Crippen LogP contribution in [-0.2, 0) is 6.18 Å². The number of non-ortho nitro benzene ring substituents is 1. The summed E-state index contributed by atoms with van der Waals surface area (Å²) < 4.78 is 61.6. The average molecular weight is 536 g/mol. The molecule has 0 saturated heterocycles. The Balaban J connectivity index is 1.73. The zero-order chi connectivity index (χ0) is 26.9. The lowest BCUT2D eigenvalue weighted by atomic mass is 10.2. The molecule has 0 radical (unpaired) electrons. The molecule has 0 spiro atoms. The fraction of sp³-hybridized carbons (Fsp3) is 0.0833. The normalized spacial score (nSPS) is 11.3. The number of hydrogen-bond donors (Lipinski definition) is 0. The third-order valence-electron chi connectivity index (χ3n) is 4.95. The lowest BCUT2D eigenvalue weighted by molar-refractivity contribution is -0.384. The molecule has 13 heteroatoms. The molecule has 0 saturated carbocycles. The van der Waals surface area contributed by atoms with E-state index in [2.05, 4.69) is 0 Å². The second kappa shape index (κ2) is 9.82. The number of alkyl halides is 3. The number of fused-ring (bicyclic) bond motifs is 1. The highest BCUT2D eigenvalue weighted by atomic mass is 35.5. The summed E-state index contributed by atoms with van der Waals surface area (Å²) in [6, 6.07) is 11.7. The zero-order valence-electron chi connectivity index (χ0n) is 18.5. The summed E-state index contributed by atoms with van der Waals surface area (Å²) in [4.78, 5) is 35.7. The Hall–Kier alpha value is -4.58. The summed E-state index contributed by atoms with van der Waals surface area (Å²) in [6.45, 7) is 0. The van der Waals surface area contributed by atoms with Gasteiger partial charge in [-0.1, -0.05) is 11.6 Å². The molecule has 0 bridgehead atoms. The van der Waals surface area contributed by atoms with Gasteiger partial charge in [0.05, 0.1) is 28.0 Å². The number of rotatable bonds is 6. The van der Waals surface area contributed by atoms with Crippen LogP contribution in [0.25, 0.3) is 11.0 Å². The van der Waals surface area contributed by atoms with E-state index in [1.807, 2.05) is 0 Å². The Morgan fingerprint density at radius 1 is 1.00 bits per heavy atom. The van der Waals surface area contributed by atoms with Crippen LogP contribution in [0.1, 0.15) is 16.1 Å². The van der Waals surface area contributed by atoms with Gasteiger partial charge in [-0.05, 0) is 42.5 Å². The predicted octanol–water partition coefficient (Wildman–Crippen LogP) is 6.39. The number of nitro groups is 1. The Kier molecular flexibility index (Phi) is 6.77. The van der Waals surface area contributed by atoms with Crippen molar-refractivity contribution in [1.29, 1.82) is 0 Å². The molecule has 190 valence electrons. The van der Waals surface area contributed by atoms with Crippen LogP contribution in [0.5, 0.6) is 23.0 Å². The first kappa shape index (κ1) is 25.5. The molecule has 1 heterocycles. The lowest BCUT2D eigenvalue weighted by Crippen LogP contribution is -2.15. The van der Waals surface area contributed by atoms with Crippen molar-refractivity contribution in [2.45, 2.75) is 6.18 Å². The fourth-order valence-electron chi connectivity index (χ4n) is 3.21. The molecule has 4 aromatic rings. The number of hydrogen-bond acceptors (Lipinski definition) is 8. The SMILES string of the molecule is COc1ccc(Oc2c(C(F)(F)F)oc3cc(OC(=O)c4cc([N+](=O)[O-])ccc4Cl)ccc3c2=O)cc1. The quantitative estimate of drug-likeness (QED) is 0.120.